The summed E-state index contributed by atoms with van der Waals surface area (Å²) in [5.74, 6) is -0.916. The highest BCUT2D eigenvalue weighted by molar-refractivity contribution is 7.21. The minimum atomic E-state index is -0.783. The van der Waals surface area contributed by atoms with Gasteiger partial charge in [0.1, 0.15) is 5.15 Å². The molecule has 5 nitrogen and oxygen atoms in total. The smallest absolute Gasteiger partial charge is 0.303 e. The molecule has 0 aliphatic heterocycles. The number of aromatic nitrogens is 1. The zero-order valence-electron chi connectivity index (χ0n) is 11.3. The van der Waals surface area contributed by atoms with Crippen LogP contribution in [0.15, 0.2) is 18.3 Å². The van der Waals surface area contributed by atoms with E-state index in [-0.39, 0.29) is 12.3 Å². The number of fused-ring (bicyclic) bond motifs is 1. The van der Waals surface area contributed by atoms with Gasteiger partial charge >= 0.3 is 5.97 Å². The molecule has 0 unspecified atom stereocenters. The largest absolute Gasteiger partial charge is 0.481 e. The van der Waals surface area contributed by atoms with Crippen LogP contribution in [0.3, 0.4) is 0 Å². The predicted octanol–water partition coefficient (Wildman–Crippen LogP) is 3.32. The Balaban J connectivity index is 1.82. The average molecular weight is 327 g/mol. The maximum absolute atomic E-state index is 12.0. The first kappa shape index (κ1) is 15.7. The predicted molar refractivity (Wildman–Crippen MR) is 83.1 cm³/mol. The van der Waals surface area contributed by atoms with Crippen LogP contribution in [0.4, 0.5) is 0 Å². The van der Waals surface area contributed by atoms with E-state index in [1.54, 1.807) is 12.3 Å². The van der Waals surface area contributed by atoms with Crippen molar-refractivity contribution >= 4 is 44.9 Å². The Morgan fingerprint density at radius 3 is 2.86 bits per heavy atom. The van der Waals surface area contributed by atoms with E-state index in [2.05, 4.69) is 10.3 Å². The van der Waals surface area contributed by atoms with E-state index in [1.807, 2.05) is 6.07 Å². The molecule has 2 rings (SSSR count). The summed E-state index contributed by atoms with van der Waals surface area (Å²) >= 11 is 7.30. The Morgan fingerprint density at radius 1 is 1.33 bits per heavy atom. The number of thiophene rings is 1. The summed E-state index contributed by atoms with van der Waals surface area (Å²) in [6.07, 6.45) is 3.98. The number of unbranched alkanes of at least 4 members (excludes halogenated alkanes) is 2. The van der Waals surface area contributed by atoms with Gasteiger partial charge in [0.15, 0.2) is 0 Å². The number of hydrogen-bond donors (Lipinski definition) is 2. The molecule has 112 valence electrons. The number of amides is 1. The summed E-state index contributed by atoms with van der Waals surface area (Å²) in [4.78, 5) is 27.0. The molecule has 21 heavy (non-hydrogen) atoms. The molecule has 0 aromatic carbocycles. The Kier molecular flexibility index (Phi) is 5.52. The summed E-state index contributed by atoms with van der Waals surface area (Å²) in [5, 5.41) is 12.7. The molecule has 0 aliphatic rings. The van der Waals surface area contributed by atoms with Crippen LogP contribution in [0.2, 0.25) is 5.15 Å². The van der Waals surface area contributed by atoms with Crippen molar-refractivity contribution in [1.82, 2.24) is 10.3 Å². The highest BCUT2D eigenvalue weighted by atomic mass is 35.5. The van der Waals surface area contributed by atoms with E-state index in [0.717, 1.165) is 22.9 Å². The number of aliphatic carboxylic acids is 1. The van der Waals surface area contributed by atoms with E-state index >= 15 is 0 Å². The van der Waals surface area contributed by atoms with Crippen LogP contribution >= 0.6 is 22.9 Å². The van der Waals surface area contributed by atoms with Gasteiger partial charge in [-0.3, -0.25) is 9.59 Å². The van der Waals surface area contributed by atoms with Crippen molar-refractivity contribution in [1.29, 1.82) is 0 Å². The molecule has 0 saturated heterocycles. The number of carboxylic acids is 1. The lowest BCUT2D eigenvalue weighted by Gasteiger charge is -2.02. The number of carbonyl (C=O) groups is 2. The maximum atomic E-state index is 12.0. The van der Waals surface area contributed by atoms with Crippen molar-refractivity contribution < 1.29 is 14.7 Å². The second kappa shape index (κ2) is 7.38. The molecule has 2 heterocycles. The van der Waals surface area contributed by atoms with Gasteiger partial charge in [-0.25, -0.2) is 4.98 Å². The molecule has 0 bridgehead atoms. The van der Waals surface area contributed by atoms with Crippen LogP contribution in [0.1, 0.15) is 35.4 Å². The second-order valence-electron chi connectivity index (χ2n) is 4.59. The second-order valence-corrected chi connectivity index (χ2v) is 6.00. The number of hydrogen-bond acceptors (Lipinski definition) is 4. The van der Waals surface area contributed by atoms with Crippen molar-refractivity contribution in [3.63, 3.8) is 0 Å². The molecule has 1 amide bonds. The summed E-state index contributed by atoms with van der Waals surface area (Å²) < 4.78 is 0.811. The van der Waals surface area contributed by atoms with Crippen LogP contribution in [0, 0.1) is 0 Å². The number of nitrogens with zero attached hydrogens (tertiary/aromatic N) is 1. The fourth-order valence-corrected chi connectivity index (χ4v) is 3.14. The molecular formula is C14H15ClN2O3S. The van der Waals surface area contributed by atoms with Crippen LogP contribution in [-0.4, -0.2) is 28.5 Å². The van der Waals surface area contributed by atoms with Crippen molar-refractivity contribution in [3.05, 3.63) is 28.4 Å². The van der Waals surface area contributed by atoms with Gasteiger partial charge in [0.25, 0.3) is 5.91 Å². The SMILES string of the molecule is O=C(O)CCCCCNC(=O)c1cc2ccnc(Cl)c2s1. The first-order chi connectivity index (χ1) is 10.1. The average Bonchev–Trinajstić information content (AvgIpc) is 2.87. The third kappa shape index (κ3) is 4.41. The van der Waals surface area contributed by atoms with Crippen molar-refractivity contribution in [3.8, 4) is 0 Å². The molecule has 0 spiro atoms. The highest BCUT2D eigenvalue weighted by Gasteiger charge is 2.11. The van der Waals surface area contributed by atoms with Gasteiger partial charge in [0.2, 0.25) is 0 Å². The van der Waals surface area contributed by atoms with Gasteiger partial charge in [0.05, 0.1) is 9.58 Å². The Bertz CT molecular complexity index is 657. The summed E-state index contributed by atoms with van der Waals surface area (Å²) in [6, 6.07) is 3.62. The van der Waals surface area contributed by atoms with Crippen molar-refractivity contribution in [2.24, 2.45) is 0 Å². The van der Waals surface area contributed by atoms with Crippen LogP contribution in [0.5, 0.6) is 0 Å². The first-order valence-electron chi connectivity index (χ1n) is 6.62. The zero-order valence-corrected chi connectivity index (χ0v) is 12.8. The normalized spacial score (nSPS) is 10.7. The van der Waals surface area contributed by atoms with E-state index in [1.165, 1.54) is 11.3 Å². The molecule has 2 aromatic rings. The van der Waals surface area contributed by atoms with Gasteiger partial charge in [-0.1, -0.05) is 18.0 Å². The third-order valence-electron chi connectivity index (χ3n) is 2.97. The van der Waals surface area contributed by atoms with E-state index in [0.29, 0.717) is 23.0 Å². The molecule has 0 fully saturated rings. The molecule has 0 aliphatic carbocycles. The topological polar surface area (TPSA) is 79.3 Å². The first-order valence-corrected chi connectivity index (χ1v) is 7.81. The van der Waals surface area contributed by atoms with Gasteiger partial charge in [-0.2, -0.15) is 0 Å². The fourth-order valence-electron chi connectivity index (χ4n) is 1.91. The zero-order chi connectivity index (χ0) is 15.2. The van der Waals surface area contributed by atoms with Crippen molar-refractivity contribution in [2.45, 2.75) is 25.7 Å². The van der Waals surface area contributed by atoms with Crippen LogP contribution in [-0.2, 0) is 4.79 Å². The lowest BCUT2D eigenvalue weighted by Crippen LogP contribution is -2.23. The number of carboxylic acid groups (broad SMARTS) is 1. The standard InChI is InChI=1S/C14H15ClN2O3S/c15-13-12-9(5-7-16-13)8-10(21-12)14(20)17-6-3-1-2-4-11(18)19/h5,7-8H,1-4,6H2,(H,17,20)(H,18,19). The Morgan fingerprint density at radius 2 is 2.14 bits per heavy atom. The Hall–Kier alpha value is -1.66. The number of halogens is 1. The van der Waals surface area contributed by atoms with Crippen molar-refractivity contribution in [2.75, 3.05) is 6.54 Å². The van der Waals surface area contributed by atoms with Gasteiger partial charge in [0, 0.05) is 19.2 Å². The highest BCUT2D eigenvalue weighted by Crippen LogP contribution is 2.30. The van der Waals surface area contributed by atoms with E-state index in [9.17, 15) is 9.59 Å². The lowest BCUT2D eigenvalue weighted by molar-refractivity contribution is -0.137. The van der Waals surface area contributed by atoms with Gasteiger partial charge in [-0.05, 0) is 30.4 Å². The summed E-state index contributed by atoms with van der Waals surface area (Å²) in [5.41, 5.74) is 0. The monoisotopic (exact) mass is 326 g/mol. The molecule has 0 radical (unpaired) electrons. The lowest BCUT2D eigenvalue weighted by atomic mass is 10.2. The quantitative estimate of drug-likeness (QED) is 0.604. The molecule has 0 saturated carbocycles. The number of pyridine rings is 1. The molecular weight excluding hydrogens is 312 g/mol. The van der Waals surface area contributed by atoms with E-state index in [4.69, 9.17) is 16.7 Å². The third-order valence-corrected chi connectivity index (χ3v) is 4.52. The minimum absolute atomic E-state index is 0.134. The van der Waals surface area contributed by atoms with Gasteiger partial charge in [-0.15, -0.1) is 11.3 Å². The van der Waals surface area contributed by atoms with Crippen LogP contribution in [0.25, 0.3) is 10.1 Å². The maximum Gasteiger partial charge on any atom is 0.303 e. The molecule has 2 N–H and O–H groups in total. The van der Waals surface area contributed by atoms with Crippen LogP contribution < -0.4 is 5.32 Å². The van der Waals surface area contributed by atoms with E-state index < -0.39 is 5.97 Å². The summed E-state index contributed by atoms with van der Waals surface area (Å²) in [6.45, 7) is 0.540. The number of carbonyl (C=O) groups excluding carboxylic acids is 1. The van der Waals surface area contributed by atoms with Gasteiger partial charge < -0.3 is 10.4 Å². The minimum Gasteiger partial charge on any atom is -0.481 e. The fraction of sp³-hybridized carbons (Fsp3) is 0.357. The summed E-state index contributed by atoms with van der Waals surface area (Å²) in [7, 11) is 0. The molecule has 7 heteroatoms. The Labute approximate surface area is 130 Å². The number of nitrogens with one attached hydrogen (secondary N) is 1. The number of rotatable bonds is 7. The molecule has 2 aromatic heterocycles. The molecule has 0 atom stereocenters.